The minimum Gasteiger partial charge on any atom is -0.479 e. The first kappa shape index (κ1) is 21.9. The van der Waals surface area contributed by atoms with Gasteiger partial charge < -0.3 is 13.8 Å². The number of halogens is 2. The molecule has 0 radical (unpaired) electrons. The fourth-order valence-electron chi connectivity index (χ4n) is 5.78. The SMILES string of the molecule is C[C@H](Cc1cccc(C(=O)C(Cl)Cl)c1OP)B1O[C@@H]2C[C@@H]3C[C@@H](C3(C)C)[C@]2(C)O1. The van der Waals surface area contributed by atoms with Gasteiger partial charge in [0.2, 0.25) is 0 Å². The Morgan fingerprint density at radius 1 is 1.34 bits per heavy atom. The number of ketones is 1. The minimum absolute atomic E-state index is 0.102. The Labute approximate surface area is 185 Å². The molecule has 1 saturated heterocycles. The van der Waals surface area contributed by atoms with Crippen LogP contribution in [0, 0.1) is 17.3 Å². The second-order valence-electron chi connectivity index (χ2n) is 9.60. The number of hydrogen-bond donors (Lipinski definition) is 0. The highest BCUT2D eigenvalue weighted by molar-refractivity contribution is 7.10. The molecule has 4 nitrogen and oxygen atoms in total. The molecule has 1 aromatic carbocycles. The summed E-state index contributed by atoms with van der Waals surface area (Å²) < 4.78 is 18.5. The number of Topliss-reactive ketones (excluding diaryl/α,β-unsaturated/α-hetero) is 1. The molecule has 29 heavy (non-hydrogen) atoms. The van der Waals surface area contributed by atoms with E-state index in [1.807, 2.05) is 12.1 Å². The predicted octanol–water partition coefficient (Wildman–Crippen LogP) is 5.50. The van der Waals surface area contributed by atoms with E-state index in [1.165, 1.54) is 6.42 Å². The summed E-state index contributed by atoms with van der Waals surface area (Å²) in [7, 11) is 1.94. The molecule has 3 saturated carbocycles. The molecule has 0 aromatic heterocycles. The van der Waals surface area contributed by atoms with Gasteiger partial charge in [0.05, 0.1) is 26.7 Å². The topological polar surface area (TPSA) is 44.8 Å². The molecule has 1 aliphatic heterocycles. The summed E-state index contributed by atoms with van der Waals surface area (Å²) in [5, 5.41) is 0. The number of rotatable bonds is 6. The van der Waals surface area contributed by atoms with Crippen molar-refractivity contribution in [3.63, 3.8) is 0 Å². The van der Waals surface area contributed by atoms with Crippen molar-refractivity contribution in [3.05, 3.63) is 29.3 Å². The number of para-hydroxylation sites is 1. The number of alkyl halides is 2. The molecular formula is C21H28BCl2O4P. The smallest absolute Gasteiger partial charge is 0.461 e. The van der Waals surface area contributed by atoms with E-state index in [-0.39, 0.29) is 30.4 Å². The van der Waals surface area contributed by atoms with Crippen molar-refractivity contribution in [2.45, 2.75) is 69.3 Å². The summed E-state index contributed by atoms with van der Waals surface area (Å²) in [5.74, 6) is 1.49. The molecule has 4 fully saturated rings. The van der Waals surface area contributed by atoms with Crippen LogP contribution in [0.25, 0.3) is 0 Å². The van der Waals surface area contributed by atoms with Gasteiger partial charge in [-0.25, -0.2) is 0 Å². The molecule has 2 bridgehead atoms. The summed E-state index contributed by atoms with van der Waals surface area (Å²) in [4.78, 5) is 11.2. The molecule has 0 N–H and O–H groups in total. The third kappa shape index (κ3) is 3.46. The van der Waals surface area contributed by atoms with Gasteiger partial charge in [-0.1, -0.05) is 56.1 Å². The maximum absolute atomic E-state index is 12.3. The molecule has 1 unspecified atom stereocenters. The van der Waals surface area contributed by atoms with Gasteiger partial charge in [-0.2, -0.15) is 0 Å². The molecule has 1 aromatic rings. The minimum atomic E-state index is -1.12. The Morgan fingerprint density at radius 3 is 2.69 bits per heavy atom. The molecule has 0 spiro atoms. The maximum Gasteiger partial charge on any atom is 0.461 e. The van der Waals surface area contributed by atoms with Crippen LogP contribution >= 0.6 is 32.7 Å². The first-order chi connectivity index (χ1) is 13.6. The van der Waals surface area contributed by atoms with Crippen LogP contribution in [-0.2, 0) is 15.7 Å². The average molecular weight is 457 g/mol. The number of carbonyl (C=O) groups excluding carboxylic acids is 1. The van der Waals surface area contributed by atoms with E-state index in [4.69, 9.17) is 37.0 Å². The Bertz CT molecular complexity index is 820. The quantitative estimate of drug-likeness (QED) is 0.245. The first-order valence-corrected chi connectivity index (χ1v) is 11.6. The zero-order chi connectivity index (χ0) is 21.1. The van der Waals surface area contributed by atoms with Crippen LogP contribution in [0.1, 0.15) is 56.5 Å². The summed E-state index contributed by atoms with van der Waals surface area (Å²) in [6.07, 6.45) is 3.12. The molecule has 6 atom stereocenters. The van der Waals surface area contributed by atoms with Crippen LogP contribution in [0.2, 0.25) is 5.82 Å². The fourth-order valence-corrected chi connectivity index (χ4v) is 6.30. The first-order valence-electron chi connectivity index (χ1n) is 10.2. The van der Waals surface area contributed by atoms with Gasteiger partial charge in [-0.3, -0.25) is 4.79 Å². The molecule has 4 aliphatic rings. The van der Waals surface area contributed by atoms with Gasteiger partial charge in [0.25, 0.3) is 0 Å². The van der Waals surface area contributed by atoms with Crippen LogP contribution in [0.4, 0.5) is 0 Å². The predicted molar refractivity (Wildman–Crippen MR) is 120 cm³/mol. The van der Waals surface area contributed by atoms with Gasteiger partial charge in [0.1, 0.15) is 5.75 Å². The average Bonchev–Trinajstić information content (AvgIpc) is 3.04. The molecule has 1 heterocycles. The highest BCUT2D eigenvalue weighted by atomic mass is 35.5. The zero-order valence-electron chi connectivity index (χ0n) is 17.3. The summed E-state index contributed by atoms with van der Waals surface area (Å²) >= 11 is 11.6. The lowest BCUT2D eigenvalue weighted by Gasteiger charge is -2.64. The van der Waals surface area contributed by atoms with Crippen molar-refractivity contribution in [3.8, 4) is 5.75 Å². The van der Waals surface area contributed by atoms with E-state index in [0.29, 0.717) is 29.1 Å². The standard InChI is InChI=1S/C21H28BCl2O4P/c1-11(8-12-6-5-7-14(18(12)27-29)17(25)19(23)24)22-26-16-10-13-9-15(20(13,2)3)21(16,4)28-22/h5-7,11,13,15-16,19H,8-10,29H2,1-4H3/t11-,13+,15+,16-,21+/m1/s1. The van der Waals surface area contributed by atoms with Crippen molar-refractivity contribution in [2.75, 3.05) is 0 Å². The van der Waals surface area contributed by atoms with Gasteiger partial charge in [-0.15, -0.1) is 0 Å². The van der Waals surface area contributed by atoms with Gasteiger partial charge in [0, 0.05) is 0 Å². The van der Waals surface area contributed by atoms with Crippen LogP contribution in [0.3, 0.4) is 0 Å². The number of benzene rings is 1. The summed E-state index contributed by atoms with van der Waals surface area (Å²) in [6, 6.07) is 5.46. The van der Waals surface area contributed by atoms with Crippen molar-refractivity contribution in [1.29, 1.82) is 0 Å². The third-order valence-electron chi connectivity index (χ3n) is 7.65. The number of hydrogen-bond acceptors (Lipinski definition) is 4. The highest BCUT2D eigenvalue weighted by Gasteiger charge is 2.68. The van der Waals surface area contributed by atoms with E-state index in [1.54, 1.807) is 6.07 Å². The Kier molecular flexibility index (Phi) is 5.80. The maximum atomic E-state index is 12.3. The van der Waals surface area contributed by atoms with Gasteiger partial charge >= 0.3 is 7.12 Å². The van der Waals surface area contributed by atoms with E-state index in [0.717, 1.165) is 17.9 Å². The molecule has 8 heteroatoms. The lowest BCUT2D eigenvalue weighted by atomic mass is 9.43. The zero-order valence-corrected chi connectivity index (χ0v) is 20.0. The highest BCUT2D eigenvalue weighted by Crippen LogP contribution is 2.66. The van der Waals surface area contributed by atoms with Gasteiger partial charge in [-0.05, 0) is 60.9 Å². The van der Waals surface area contributed by atoms with E-state index < -0.39 is 4.84 Å². The number of carbonyl (C=O) groups is 1. The van der Waals surface area contributed by atoms with E-state index in [9.17, 15) is 4.79 Å². The van der Waals surface area contributed by atoms with Crippen LogP contribution in [0.5, 0.6) is 5.75 Å². The van der Waals surface area contributed by atoms with Crippen LogP contribution in [0.15, 0.2) is 18.2 Å². The second-order valence-corrected chi connectivity index (χ2v) is 10.9. The molecule has 3 aliphatic carbocycles. The summed E-state index contributed by atoms with van der Waals surface area (Å²) in [6.45, 7) is 9.07. The molecule has 5 rings (SSSR count). The Balaban J connectivity index is 1.52. The van der Waals surface area contributed by atoms with Crippen LogP contribution in [-0.4, -0.2) is 29.4 Å². The Hall–Kier alpha value is -0.315. The van der Waals surface area contributed by atoms with Crippen LogP contribution < -0.4 is 4.52 Å². The molecule has 0 amide bonds. The largest absolute Gasteiger partial charge is 0.479 e. The molecular weight excluding hydrogens is 429 g/mol. The van der Waals surface area contributed by atoms with Crippen molar-refractivity contribution < 1.29 is 18.6 Å². The Morgan fingerprint density at radius 2 is 2.07 bits per heavy atom. The van der Waals surface area contributed by atoms with Crippen molar-refractivity contribution in [1.82, 2.24) is 0 Å². The second kappa shape index (κ2) is 7.67. The third-order valence-corrected chi connectivity index (χ3v) is 8.29. The molecule has 158 valence electrons. The van der Waals surface area contributed by atoms with Crippen molar-refractivity contribution >= 4 is 45.6 Å². The monoisotopic (exact) mass is 456 g/mol. The summed E-state index contributed by atoms with van der Waals surface area (Å²) in [5.41, 5.74) is 1.39. The lowest BCUT2D eigenvalue weighted by molar-refractivity contribution is -0.199. The fraction of sp³-hybridized carbons (Fsp3) is 0.667. The van der Waals surface area contributed by atoms with Gasteiger partial charge in [0.15, 0.2) is 10.6 Å². The van der Waals surface area contributed by atoms with E-state index >= 15 is 0 Å². The lowest BCUT2D eigenvalue weighted by Crippen LogP contribution is -2.65. The normalized spacial score (nSPS) is 33.2. The van der Waals surface area contributed by atoms with Crippen molar-refractivity contribution in [2.24, 2.45) is 17.3 Å². The van der Waals surface area contributed by atoms with E-state index in [2.05, 4.69) is 37.2 Å².